The average Bonchev–Trinajstić information content (AvgIpc) is 2.80. The average molecular weight is 269 g/mol. The van der Waals surface area contributed by atoms with Crippen LogP contribution in [0.3, 0.4) is 0 Å². The molecule has 0 aliphatic rings. The van der Waals surface area contributed by atoms with Crippen molar-refractivity contribution in [3.8, 4) is 17.0 Å². The van der Waals surface area contributed by atoms with E-state index in [1.54, 1.807) is 19.1 Å². The summed E-state index contributed by atoms with van der Waals surface area (Å²) in [4.78, 5) is 15.8. The Morgan fingerprint density at radius 3 is 2.60 bits per heavy atom. The molecule has 6 nitrogen and oxygen atoms in total. The van der Waals surface area contributed by atoms with E-state index in [0.29, 0.717) is 22.4 Å². The summed E-state index contributed by atoms with van der Waals surface area (Å²) in [6.45, 7) is 1.73. The number of nitrogens with one attached hydrogen (secondary N) is 1. The summed E-state index contributed by atoms with van der Waals surface area (Å²) in [6, 6.07) is 7.93. The Balaban J connectivity index is 2.27. The van der Waals surface area contributed by atoms with Crippen molar-refractivity contribution >= 4 is 17.0 Å². The minimum absolute atomic E-state index is 0.144. The Kier molecular flexibility index (Phi) is 2.64. The molecule has 0 saturated heterocycles. The van der Waals surface area contributed by atoms with Crippen LogP contribution in [0.4, 0.5) is 0 Å². The van der Waals surface area contributed by atoms with Gasteiger partial charge in [0.05, 0.1) is 22.3 Å². The fourth-order valence-corrected chi connectivity index (χ4v) is 2.13. The molecule has 1 aromatic carbocycles. The Hall–Kier alpha value is -2.89. The Bertz CT molecular complexity index is 806. The summed E-state index contributed by atoms with van der Waals surface area (Å²) >= 11 is 0. The van der Waals surface area contributed by atoms with Gasteiger partial charge in [0.25, 0.3) is 0 Å². The second-order valence-corrected chi connectivity index (χ2v) is 4.44. The SMILES string of the molecule is Cc1n[nH]c2nc(-c3ccc(O)cc3)cc(C(=O)O)c12. The van der Waals surface area contributed by atoms with E-state index in [0.717, 1.165) is 5.56 Å². The molecule has 3 rings (SSSR count). The number of phenols is 1. The van der Waals surface area contributed by atoms with E-state index in [1.165, 1.54) is 18.2 Å². The monoisotopic (exact) mass is 269 g/mol. The van der Waals surface area contributed by atoms with Crippen LogP contribution in [0, 0.1) is 6.92 Å². The van der Waals surface area contributed by atoms with E-state index < -0.39 is 5.97 Å². The number of carbonyl (C=O) groups is 1. The molecule has 2 heterocycles. The third-order valence-electron chi connectivity index (χ3n) is 3.10. The number of carboxylic acids is 1. The number of aryl methyl sites for hydroxylation is 1. The summed E-state index contributed by atoms with van der Waals surface area (Å²) in [7, 11) is 0. The zero-order chi connectivity index (χ0) is 14.3. The van der Waals surface area contributed by atoms with Crippen molar-refractivity contribution in [2.24, 2.45) is 0 Å². The van der Waals surface area contributed by atoms with E-state index >= 15 is 0 Å². The minimum Gasteiger partial charge on any atom is -0.508 e. The van der Waals surface area contributed by atoms with Crippen molar-refractivity contribution in [3.63, 3.8) is 0 Å². The van der Waals surface area contributed by atoms with Gasteiger partial charge in [-0.3, -0.25) is 5.10 Å². The van der Waals surface area contributed by atoms with Gasteiger partial charge in [-0.2, -0.15) is 5.10 Å². The molecule has 0 radical (unpaired) electrons. The molecule has 100 valence electrons. The number of benzene rings is 1. The number of aromatic nitrogens is 3. The standard InChI is InChI=1S/C14H11N3O3/c1-7-12-10(14(19)20)6-11(15-13(12)17-16-7)8-2-4-9(18)5-3-8/h2-6,18H,1H3,(H,19,20)(H,15,16,17). The second-order valence-electron chi connectivity index (χ2n) is 4.44. The van der Waals surface area contributed by atoms with Gasteiger partial charge in [0, 0.05) is 5.56 Å². The number of aromatic carboxylic acids is 1. The van der Waals surface area contributed by atoms with Gasteiger partial charge in [0.2, 0.25) is 0 Å². The Morgan fingerprint density at radius 2 is 1.95 bits per heavy atom. The van der Waals surface area contributed by atoms with E-state index in [-0.39, 0.29) is 11.3 Å². The first kappa shape index (κ1) is 12.2. The highest BCUT2D eigenvalue weighted by Crippen LogP contribution is 2.26. The maximum Gasteiger partial charge on any atom is 0.336 e. The first-order valence-electron chi connectivity index (χ1n) is 5.94. The quantitative estimate of drug-likeness (QED) is 0.663. The Morgan fingerprint density at radius 1 is 1.25 bits per heavy atom. The van der Waals surface area contributed by atoms with Gasteiger partial charge < -0.3 is 10.2 Å². The van der Waals surface area contributed by atoms with E-state index in [9.17, 15) is 15.0 Å². The van der Waals surface area contributed by atoms with Gasteiger partial charge in [0.1, 0.15) is 5.75 Å². The molecule has 20 heavy (non-hydrogen) atoms. The lowest BCUT2D eigenvalue weighted by molar-refractivity contribution is 0.0699. The van der Waals surface area contributed by atoms with Crippen LogP contribution in [0.5, 0.6) is 5.75 Å². The molecule has 0 spiro atoms. The molecule has 6 heteroatoms. The predicted octanol–water partition coefficient (Wildman–Crippen LogP) is 2.34. The molecular weight excluding hydrogens is 258 g/mol. The van der Waals surface area contributed by atoms with Crippen LogP contribution in [0.15, 0.2) is 30.3 Å². The topological polar surface area (TPSA) is 99.1 Å². The number of aromatic amines is 1. The van der Waals surface area contributed by atoms with Crippen LogP contribution in [0.1, 0.15) is 16.1 Å². The molecule has 0 bridgehead atoms. The minimum atomic E-state index is -1.03. The number of H-pyrrole nitrogens is 1. The third-order valence-corrected chi connectivity index (χ3v) is 3.10. The molecule has 0 amide bonds. The molecule has 3 N–H and O–H groups in total. The van der Waals surface area contributed by atoms with Crippen LogP contribution in [-0.4, -0.2) is 31.4 Å². The third kappa shape index (κ3) is 1.87. The highest BCUT2D eigenvalue weighted by atomic mass is 16.4. The fraction of sp³-hybridized carbons (Fsp3) is 0.0714. The van der Waals surface area contributed by atoms with Gasteiger partial charge in [0.15, 0.2) is 5.65 Å². The zero-order valence-corrected chi connectivity index (χ0v) is 10.6. The predicted molar refractivity (Wildman–Crippen MR) is 72.7 cm³/mol. The summed E-state index contributed by atoms with van der Waals surface area (Å²) in [6.07, 6.45) is 0. The number of hydrogen-bond donors (Lipinski definition) is 3. The zero-order valence-electron chi connectivity index (χ0n) is 10.6. The molecule has 0 fully saturated rings. The van der Waals surface area contributed by atoms with Gasteiger partial charge in [-0.25, -0.2) is 9.78 Å². The maximum absolute atomic E-state index is 11.4. The number of phenolic OH excluding ortho intramolecular Hbond substituents is 1. The van der Waals surface area contributed by atoms with Crippen molar-refractivity contribution < 1.29 is 15.0 Å². The highest BCUT2D eigenvalue weighted by molar-refractivity contribution is 6.03. The summed E-state index contributed by atoms with van der Waals surface area (Å²) in [5.41, 5.74) is 2.43. The smallest absolute Gasteiger partial charge is 0.336 e. The van der Waals surface area contributed by atoms with Crippen LogP contribution in [-0.2, 0) is 0 Å². The summed E-state index contributed by atoms with van der Waals surface area (Å²) < 4.78 is 0. The second kappa shape index (κ2) is 4.34. The molecule has 0 atom stereocenters. The Labute approximate surface area is 113 Å². The van der Waals surface area contributed by atoms with Crippen LogP contribution in [0.2, 0.25) is 0 Å². The molecule has 2 aromatic heterocycles. The maximum atomic E-state index is 11.4. The lowest BCUT2D eigenvalue weighted by Gasteiger charge is -2.04. The van der Waals surface area contributed by atoms with Crippen molar-refractivity contribution in [3.05, 3.63) is 41.6 Å². The summed E-state index contributed by atoms with van der Waals surface area (Å²) in [5.74, 6) is -0.882. The summed E-state index contributed by atoms with van der Waals surface area (Å²) in [5, 5.41) is 25.9. The molecule has 0 aliphatic carbocycles. The van der Waals surface area contributed by atoms with Gasteiger partial charge in [-0.05, 0) is 37.3 Å². The largest absolute Gasteiger partial charge is 0.508 e. The van der Waals surface area contributed by atoms with Crippen LogP contribution >= 0.6 is 0 Å². The van der Waals surface area contributed by atoms with E-state index in [4.69, 9.17) is 0 Å². The number of carboxylic acid groups (broad SMARTS) is 1. The van der Waals surface area contributed by atoms with Crippen molar-refractivity contribution in [2.75, 3.05) is 0 Å². The van der Waals surface area contributed by atoms with Gasteiger partial charge in [-0.1, -0.05) is 0 Å². The fourth-order valence-electron chi connectivity index (χ4n) is 2.13. The van der Waals surface area contributed by atoms with Crippen LogP contribution in [0.25, 0.3) is 22.3 Å². The lowest BCUT2D eigenvalue weighted by atomic mass is 10.1. The number of hydrogen-bond acceptors (Lipinski definition) is 4. The van der Waals surface area contributed by atoms with E-state index in [2.05, 4.69) is 15.2 Å². The van der Waals surface area contributed by atoms with Gasteiger partial charge >= 0.3 is 5.97 Å². The number of aromatic hydroxyl groups is 1. The number of rotatable bonds is 2. The number of fused-ring (bicyclic) bond motifs is 1. The lowest BCUT2D eigenvalue weighted by Crippen LogP contribution is -2.00. The van der Waals surface area contributed by atoms with Crippen molar-refractivity contribution in [1.82, 2.24) is 15.2 Å². The van der Waals surface area contributed by atoms with E-state index in [1.807, 2.05) is 0 Å². The molecule has 0 saturated carbocycles. The molecule has 3 aromatic rings. The molecule has 0 aliphatic heterocycles. The highest BCUT2D eigenvalue weighted by Gasteiger charge is 2.16. The molecule has 0 unspecified atom stereocenters. The van der Waals surface area contributed by atoms with Crippen molar-refractivity contribution in [1.29, 1.82) is 0 Å². The number of nitrogens with zero attached hydrogens (tertiary/aromatic N) is 2. The van der Waals surface area contributed by atoms with Gasteiger partial charge in [-0.15, -0.1) is 0 Å². The first-order valence-corrected chi connectivity index (χ1v) is 5.94. The molecular formula is C14H11N3O3. The first-order chi connectivity index (χ1) is 9.56. The van der Waals surface area contributed by atoms with Crippen LogP contribution < -0.4 is 0 Å². The number of pyridine rings is 1. The van der Waals surface area contributed by atoms with Crippen molar-refractivity contribution in [2.45, 2.75) is 6.92 Å². The normalized spacial score (nSPS) is 10.8.